The summed E-state index contributed by atoms with van der Waals surface area (Å²) in [5, 5.41) is 9.64. The first-order valence-corrected chi connectivity index (χ1v) is 5.84. The number of hydrogen-bond acceptors (Lipinski definition) is 3. The maximum absolute atomic E-state index is 13.7. The van der Waals surface area contributed by atoms with Gasteiger partial charge < -0.3 is 10.0 Å². The number of halogens is 1. The van der Waals surface area contributed by atoms with Gasteiger partial charge in [0.25, 0.3) is 5.91 Å². The van der Waals surface area contributed by atoms with Crippen LogP contribution in [-0.4, -0.2) is 22.5 Å². The quantitative estimate of drug-likeness (QED) is 0.922. The van der Waals surface area contributed by atoms with E-state index in [9.17, 15) is 14.3 Å². The first-order chi connectivity index (χ1) is 9.15. The van der Waals surface area contributed by atoms with Gasteiger partial charge in [-0.05, 0) is 25.1 Å². The van der Waals surface area contributed by atoms with E-state index in [1.807, 2.05) is 0 Å². The lowest BCUT2D eigenvalue weighted by Crippen LogP contribution is -2.31. The van der Waals surface area contributed by atoms with Crippen molar-refractivity contribution in [3.63, 3.8) is 0 Å². The van der Waals surface area contributed by atoms with E-state index in [4.69, 9.17) is 0 Å². The van der Waals surface area contributed by atoms with Crippen LogP contribution in [-0.2, 0) is 0 Å². The molecule has 0 unspecified atom stereocenters. The van der Waals surface area contributed by atoms with Gasteiger partial charge in [-0.1, -0.05) is 12.1 Å². The maximum atomic E-state index is 13.7. The Morgan fingerprint density at radius 2 is 2.11 bits per heavy atom. The van der Waals surface area contributed by atoms with Gasteiger partial charge in [0.2, 0.25) is 0 Å². The van der Waals surface area contributed by atoms with Crippen molar-refractivity contribution in [1.29, 1.82) is 0 Å². The van der Waals surface area contributed by atoms with Gasteiger partial charge in [-0.25, -0.2) is 4.39 Å². The Morgan fingerprint density at radius 3 is 2.74 bits per heavy atom. The predicted molar refractivity (Wildman–Crippen MR) is 69.7 cm³/mol. The first-order valence-electron chi connectivity index (χ1n) is 5.84. The number of rotatable bonds is 3. The van der Waals surface area contributed by atoms with Gasteiger partial charge in [-0.2, -0.15) is 0 Å². The lowest BCUT2D eigenvalue weighted by atomic mass is 10.2. The molecule has 0 aliphatic carbocycles. The van der Waals surface area contributed by atoms with Crippen LogP contribution in [0, 0.1) is 5.82 Å². The number of aromatic hydroxyl groups is 1. The Kier molecular flexibility index (Phi) is 3.75. The minimum atomic E-state index is -0.480. The number of nitrogens with zero attached hydrogens (tertiary/aromatic N) is 2. The molecule has 0 spiro atoms. The fourth-order valence-electron chi connectivity index (χ4n) is 1.81. The maximum Gasteiger partial charge on any atom is 0.262 e. The van der Waals surface area contributed by atoms with E-state index >= 15 is 0 Å². The van der Waals surface area contributed by atoms with Gasteiger partial charge in [-0.3, -0.25) is 9.78 Å². The van der Waals surface area contributed by atoms with Crippen LogP contribution in [0.25, 0.3) is 0 Å². The van der Waals surface area contributed by atoms with E-state index in [2.05, 4.69) is 4.98 Å². The number of pyridine rings is 1. The normalized spacial score (nSPS) is 10.2. The van der Waals surface area contributed by atoms with Gasteiger partial charge in [-0.15, -0.1) is 0 Å². The summed E-state index contributed by atoms with van der Waals surface area (Å²) >= 11 is 0. The molecule has 0 saturated heterocycles. The highest BCUT2D eigenvalue weighted by Crippen LogP contribution is 2.23. The number of carbonyl (C=O) groups excluding carboxylic acids is 1. The molecule has 0 aliphatic heterocycles. The zero-order chi connectivity index (χ0) is 13.8. The van der Waals surface area contributed by atoms with Crippen LogP contribution in [0.4, 0.5) is 10.1 Å². The highest BCUT2D eigenvalue weighted by atomic mass is 19.1. The molecule has 98 valence electrons. The number of aromatic nitrogens is 1. The molecule has 1 amide bonds. The van der Waals surface area contributed by atoms with Crippen LogP contribution < -0.4 is 4.90 Å². The Labute approximate surface area is 110 Å². The van der Waals surface area contributed by atoms with Gasteiger partial charge in [0, 0.05) is 12.7 Å². The number of para-hydroxylation sites is 1. The number of carbonyl (C=O) groups is 1. The highest BCUT2D eigenvalue weighted by molar-refractivity contribution is 6.07. The van der Waals surface area contributed by atoms with E-state index < -0.39 is 11.7 Å². The molecule has 0 aliphatic rings. The van der Waals surface area contributed by atoms with Crippen molar-refractivity contribution in [3.8, 4) is 5.75 Å². The molecule has 4 nitrogen and oxygen atoms in total. The summed E-state index contributed by atoms with van der Waals surface area (Å²) in [4.78, 5) is 17.3. The zero-order valence-corrected chi connectivity index (χ0v) is 10.4. The summed E-state index contributed by atoms with van der Waals surface area (Å²) < 4.78 is 13.7. The lowest BCUT2D eigenvalue weighted by molar-refractivity contribution is 0.0984. The van der Waals surface area contributed by atoms with E-state index in [-0.39, 0.29) is 17.0 Å². The zero-order valence-electron chi connectivity index (χ0n) is 10.4. The average molecular weight is 260 g/mol. The van der Waals surface area contributed by atoms with Crippen LogP contribution in [0.1, 0.15) is 17.3 Å². The second-order valence-corrected chi connectivity index (χ2v) is 3.89. The van der Waals surface area contributed by atoms with Gasteiger partial charge in [0.15, 0.2) is 0 Å². The number of anilines is 1. The molecule has 1 N–H and O–H groups in total. The molecule has 1 aromatic heterocycles. The minimum Gasteiger partial charge on any atom is -0.505 e. The standard InChI is InChI=1S/C14H13FN2O2/c1-2-17(12-6-4-3-5-11(12)15)14(19)10-7-8-16-9-13(10)18/h3-9,18H,2H2,1H3. The third-order valence-electron chi connectivity index (χ3n) is 2.74. The molecule has 5 heteroatoms. The van der Waals surface area contributed by atoms with Crippen molar-refractivity contribution in [3.05, 3.63) is 54.1 Å². The van der Waals surface area contributed by atoms with Crippen LogP contribution in [0.5, 0.6) is 5.75 Å². The molecule has 0 bridgehead atoms. The average Bonchev–Trinajstić information content (AvgIpc) is 2.42. The molecule has 2 rings (SSSR count). The van der Waals surface area contributed by atoms with Crippen molar-refractivity contribution < 1.29 is 14.3 Å². The molecule has 1 heterocycles. The smallest absolute Gasteiger partial charge is 0.262 e. The summed E-state index contributed by atoms with van der Waals surface area (Å²) in [5.41, 5.74) is 0.284. The molecular weight excluding hydrogens is 247 g/mol. The summed E-state index contributed by atoms with van der Waals surface area (Å²) in [6.07, 6.45) is 2.59. The highest BCUT2D eigenvalue weighted by Gasteiger charge is 2.21. The topological polar surface area (TPSA) is 53.4 Å². The predicted octanol–water partition coefficient (Wildman–Crippen LogP) is 2.59. The van der Waals surface area contributed by atoms with Crippen molar-refractivity contribution in [1.82, 2.24) is 4.98 Å². The number of benzene rings is 1. The van der Waals surface area contributed by atoms with Crippen molar-refractivity contribution in [2.45, 2.75) is 6.92 Å². The minimum absolute atomic E-state index is 0.0973. The fraction of sp³-hybridized carbons (Fsp3) is 0.143. The SMILES string of the molecule is CCN(C(=O)c1ccncc1O)c1ccccc1F. The Balaban J connectivity index is 2.41. The Bertz CT molecular complexity index is 602. The molecule has 0 radical (unpaired) electrons. The van der Waals surface area contributed by atoms with Crippen LogP contribution >= 0.6 is 0 Å². The monoisotopic (exact) mass is 260 g/mol. The summed E-state index contributed by atoms with van der Waals surface area (Å²) in [7, 11) is 0. The Morgan fingerprint density at radius 1 is 1.37 bits per heavy atom. The third-order valence-corrected chi connectivity index (χ3v) is 2.74. The second kappa shape index (κ2) is 5.48. The van der Waals surface area contributed by atoms with Gasteiger partial charge in [0.1, 0.15) is 11.6 Å². The molecule has 19 heavy (non-hydrogen) atoms. The summed E-state index contributed by atoms with van der Waals surface area (Å²) in [6, 6.07) is 7.43. The van der Waals surface area contributed by atoms with Crippen molar-refractivity contribution >= 4 is 11.6 Å². The second-order valence-electron chi connectivity index (χ2n) is 3.89. The molecule has 0 fully saturated rings. The van der Waals surface area contributed by atoms with Gasteiger partial charge >= 0.3 is 0 Å². The number of hydrogen-bond donors (Lipinski definition) is 1. The molecule has 0 atom stereocenters. The van der Waals surface area contributed by atoms with Crippen LogP contribution in [0.3, 0.4) is 0 Å². The van der Waals surface area contributed by atoms with E-state index in [0.29, 0.717) is 6.54 Å². The van der Waals surface area contributed by atoms with Gasteiger partial charge in [0.05, 0.1) is 17.4 Å². The summed E-state index contributed by atoms with van der Waals surface area (Å²) in [5.74, 6) is -1.17. The first kappa shape index (κ1) is 13.0. The molecule has 2 aromatic rings. The van der Waals surface area contributed by atoms with Crippen molar-refractivity contribution in [2.75, 3.05) is 11.4 Å². The van der Waals surface area contributed by atoms with Crippen molar-refractivity contribution in [2.24, 2.45) is 0 Å². The molecule has 1 aromatic carbocycles. The Hall–Kier alpha value is -2.43. The molecular formula is C14H13FN2O2. The summed E-state index contributed by atoms with van der Waals surface area (Å²) in [6.45, 7) is 2.03. The van der Waals surface area contributed by atoms with E-state index in [1.54, 1.807) is 19.1 Å². The largest absolute Gasteiger partial charge is 0.505 e. The van der Waals surface area contributed by atoms with E-state index in [0.717, 1.165) is 0 Å². The molecule has 0 saturated carbocycles. The third kappa shape index (κ3) is 2.54. The fourth-order valence-corrected chi connectivity index (χ4v) is 1.81. The number of amides is 1. The van der Waals surface area contributed by atoms with E-state index in [1.165, 1.54) is 35.5 Å². The lowest BCUT2D eigenvalue weighted by Gasteiger charge is -2.21. The van der Waals surface area contributed by atoms with Crippen LogP contribution in [0.2, 0.25) is 0 Å². The van der Waals surface area contributed by atoms with Crippen LogP contribution in [0.15, 0.2) is 42.7 Å².